The van der Waals surface area contributed by atoms with E-state index in [1.807, 2.05) is 72.6 Å². The van der Waals surface area contributed by atoms with E-state index in [-0.39, 0.29) is 12.0 Å². The van der Waals surface area contributed by atoms with Gasteiger partial charge in [0, 0.05) is 63.3 Å². The number of nitrogens with zero attached hydrogens (tertiary/aromatic N) is 3. The summed E-state index contributed by atoms with van der Waals surface area (Å²) in [5, 5.41) is 2.93. The van der Waals surface area contributed by atoms with Crippen molar-refractivity contribution in [3.05, 3.63) is 76.5 Å². The monoisotopic (exact) mass is 562 g/mol. The van der Waals surface area contributed by atoms with Crippen molar-refractivity contribution in [3.8, 4) is 11.1 Å². The van der Waals surface area contributed by atoms with Crippen molar-refractivity contribution in [2.45, 2.75) is 25.5 Å². The number of morpholine rings is 1. The fraction of sp³-hybridized carbons (Fsp3) is 0.419. The van der Waals surface area contributed by atoms with Gasteiger partial charge in [-0.2, -0.15) is 0 Å². The Morgan fingerprint density at radius 1 is 0.950 bits per heavy atom. The van der Waals surface area contributed by atoms with Gasteiger partial charge in [-0.1, -0.05) is 48.5 Å². The number of likely N-dealkylation sites (tertiary alicyclic amines) is 1. The second-order valence-corrected chi connectivity index (χ2v) is 11.5. The normalized spacial score (nSPS) is 16.9. The molecule has 40 heavy (non-hydrogen) atoms. The van der Waals surface area contributed by atoms with Gasteiger partial charge in [0.1, 0.15) is 6.10 Å². The lowest BCUT2D eigenvalue weighted by atomic mass is 10.0. The molecule has 2 aliphatic heterocycles. The summed E-state index contributed by atoms with van der Waals surface area (Å²) >= 11 is 1.59. The maximum Gasteiger partial charge on any atom is 0.411 e. The summed E-state index contributed by atoms with van der Waals surface area (Å²) < 4.78 is 11.2. The Morgan fingerprint density at radius 2 is 1.68 bits per heavy atom. The van der Waals surface area contributed by atoms with Gasteiger partial charge < -0.3 is 19.3 Å². The number of anilines is 1. The number of benzene rings is 2. The van der Waals surface area contributed by atoms with Crippen molar-refractivity contribution in [1.29, 1.82) is 0 Å². The van der Waals surface area contributed by atoms with Crippen LogP contribution in [0.3, 0.4) is 0 Å². The molecule has 5 rings (SSSR count). The van der Waals surface area contributed by atoms with Crippen molar-refractivity contribution in [2.75, 3.05) is 64.8 Å². The van der Waals surface area contributed by atoms with Crippen LogP contribution in [0.25, 0.3) is 11.1 Å². The van der Waals surface area contributed by atoms with Crippen molar-refractivity contribution in [1.82, 2.24) is 14.7 Å². The molecule has 0 unspecified atom stereocenters. The number of thiophene rings is 1. The molecule has 2 saturated heterocycles. The van der Waals surface area contributed by atoms with Crippen LogP contribution in [-0.4, -0.2) is 92.3 Å². The average molecular weight is 563 g/mol. The highest BCUT2D eigenvalue weighted by atomic mass is 32.1. The van der Waals surface area contributed by atoms with Crippen LogP contribution in [0.5, 0.6) is 0 Å². The number of hydrogen-bond acceptors (Lipinski definition) is 7. The fourth-order valence-electron chi connectivity index (χ4n) is 5.14. The first-order valence-electron chi connectivity index (χ1n) is 14.0. The van der Waals surface area contributed by atoms with Gasteiger partial charge in [0.2, 0.25) is 0 Å². The fourth-order valence-corrected chi connectivity index (χ4v) is 6.19. The largest absolute Gasteiger partial charge is 0.446 e. The van der Waals surface area contributed by atoms with Gasteiger partial charge in [-0.15, -0.1) is 11.3 Å². The second kappa shape index (κ2) is 13.9. The van der Waals surface area contributed by atoms with Gasteiger partial charge in [-0.25, -0.2) is 4.79 Å². The van der Waals surface area contributed by atoms with E-state index in [1.54, 1.807) is 11.3 Å². The molecule has 2 aromatic carbocycles. The molecule has 0 spiro atoms. The Morgan fingerprint density at radius 3 is 2.45 bits per heavy atom. The summed E-state index contributed by atoms with van der Waals surface area (Å²) in [6, 6.07) is 21.8. The number of nitrogens with one attached hydrogen (secondary N) is 1. The van der Waals surface area contributed by atoms with E-state index in [0.717, 1.165) is 87.0 Å². The maximum absolute atomic E-state index is 13.0. The van der Waals surface area contributed by atoms with Crippen LogP contribution in [-0.2, 0) is 16.0 Å². The Labute approximate surface area is 240 Å². The average Bonchev–Trinajstić information content (AvgIpc) is 3.46. The topological polar surface area (TPSA) is 74.4 Å². The predicted molar refractivity (Wildman–Crippen MR) is 159 cm³/mol. The Bertz CT molecular complexity index is 1250. The van der Waals surface area contributed by atoms with Crippen LogP contribution in [0.1, 0.15) is 27.4 Å². The SMILES string of the molecule is CN(CCN1CCC(OC(=O)Nc2ccccc2-c2ccccc2)CC1)C(=O)c1ccc(CN2CCOCC2)s1. The number of amides is 2. The third kappa shape index (κ3) is 7.69. The lowest BCUT2D eigenvalue weighted by Gasteiger charge is -2.32. The number of likely N-dealkylation sites (N-methyl/N-ethyl adjacent to an activating group) is 1. The quantitative estimate of drug-likeness (QED) is 0.394. The van der Waals surface area contributed by atoms with E-state index in [0.29, 0.717) is 6.54 Å². The molecule has 212 valence electrons. The molecular weight excluding hydrogens is 524 g/mol. The number of carbonyl (C=O) groups is 2. The summed E-state index contributed by atoms with van der Waals surface area (Å²) in [4.78, 5) is 34.2. The van der Waals surface area contributed by atoms with Gasteiger partial charge >= 0.3 is 6.09 Å². The van der Waals surface area contributed by atoms with Crippen LogP contribution in [0.4, 0.5) is 10.5 Å². The third-order valence-electron chi connectivity index (χ3n) is 7.51. The van der Waals surface area contributed by atoms with Crippen LogP contribution in [0, 0.1) is 0 Å². The molecule has 0 saturated carbocycles. The molecule has 3 aromatic rings. The van der Waals surface area contributed by atoms with Crippen molar-refractivity contribution in [2.24, 2.45) is 0 Å². The van der Waals surface area contributed by atoms with E-state index < -0.39 is 6.09 Å². The van der Waals surface area contributed by atoms with Gasteiger partial charge in [0.15, 0.2) is 0 Å². The van der Waals surface area contributed by atoms with Crippen LogP contribution in [0.2, 0.25) is 0 Å². The maximum atomic E-state index is 13.0. The molecule has 3 heterocycles. The zero-order chi connectivity index (χ0) is 27.7. The minimum absolute atomic E-state index is 0.0731. The minimum atomic E-state index is -0.420. The number of piperidine rings is 1. The first-order chi connectivity index (χ1) is 19.5. The third-order valence-corrected chi connectivity index (χ3v) is 8.57. The molecule has 0 atom stereocenters. The molecule has 1 aromatic heterocycles. The Kier molecular flexibility index (Phi) is 9.83. The zero-order valence-electron chi connectivity index (χ0n) is 23.1. The molecule has 0 aliphatic carbocycles. The molecule has 0 bridgehead atoms. The summed E-state index contributed by atoms with van der Waals surface area (Å²) in [6.07, 6.45) is 1.02. The second-order valence-electron chi connectivity index (χ2n) is 10.4. The highest BCUT2D eigenvalue weighted by molar-refractivity contribution is 7.14. The molecule has 2 aliphatic rings. The van der Waals surface area contributed by atoms with E-state index in [4.69, 9.17) is 9.47 Å². The van der Waals surface area contributed by atoms with Crippen molar-refractivity contribution < 1.29 is 19.1 Å². The van der Waals surface area contributed by atoms with Gasteiger partial charge in [-0.05, 0) is 36.6 Å². The first kappa shape index (κ1) is 28.3. The van der Waals surface area contributed by atoms with Crippen LogP contribution in [0.15, 0.2) is 66.7 Å². The molecular formula is C31H38N4O4S. The zero-order valence-corrected chi connectivity index (χ0v) is 23.9. The highest BCUT2D eigenvalue weighted by Crippen LogP contribution is 2.28. The van der Waals surface area contributed by atoms with Crippen LogP contribution >= 0.6 is 11.3 Å². The summed E-state index contributed by atoms with van der Waals surface area (Å²) in [7, 11) is 1.87. The molecule has 2 amide bonds. The predicted octanol–water partition coefficient (Wildman–Crippen LogP) is 5.03. The smallest absolute Gasteiger partial charge is 0.411 e. The van der Waals surface area contributed by atoms with E-state index in [9.17, 15) is 9.59 Å². The van der Waals surface area contributed by atoms with Gasteiger partial charge in [0.05, 0.1) is 23.8 Å². The molecule has 1 N–H and O–H groups in total. The molecule has 0 radical (unpaired) electrons. The van der Waals surface area contributed by atoms with Gasteiger partial charge in [0.25, 0.3) is 5.91 Å². The minimum Gasteiger partial charge on any atom is -0.446 e. The number of ether oxygens (including phenoxy) is 2. The summed E-state index contributed by atoms with van der Waals surface area (Å²) in [5.74, 6) is 0.0731. The number of hydrogen-bond donors (Lipinski definition) is 1. The lowest BCUT2D eigenvalue weighted by Crippen LogP contribution is -2.42. The standard InChI is InChI=1S/C31H38N4O4S/c1-33(30(36)29-12-11-26(40-29)23-35-19-21-38-22-20-35)17-18-34-15-13-25(14-16-34)39-31(37)32-28-10-6-5-9-27(28)24-7-3-2-4-8-24/h2-12,25H,13-23H2,1H3,(H,32,37). The van der Waals surface area contributed by atoms with E-state index >= 15 is 0 Å². The van der Waals surface area contributed by atoms with Crippen LogP contribution < -0.4 is 5.32 Å². The van der Waals surface area contributed by atoms with Crippen molar-refractivity contribution >= 4 is 29.0 Å². The number of para-hydroxylation sites is 1. The molecule has 8 nitrogen and oxygen atoms in total. The molecule has 9 heteroatoms. The number of carbonyl (C=O) groups excluding carboxylic acids is 2. The summed E-state index contributed by atoms with van der Waals surface area (Å²) in [5.41, 5.74) is 2.75. The van der Waals surface area contributed by atoms with E-state index in [1.165, 1.54) is 4.88 Å². The lowest BCUT2D eigenvalue weighted by molar-refractivity contribution is 0.0346. The van der Waals surface area contributed by atoms with E-state index in [2.05, 4.69) is 21.2 Å². The first-order valence-corrected chi connectivity index (χ1v) is 14.9. The highest BCUT2D eigenvalue weighted by Gasteiger charge is 2.24. The Hall–Kier alpha value is -3.24. The van der Waals surface area contributed by atoms with Crippen molar-refractivity contribution in [3.63, 3.8) is 0 Å². The Balaban J connectivity index is 1.03. The summed E-state index contributed by atoms with van der Waals surface area (Å²) in [6.45, 7) is 7.45. The molecule has 2 fully saturated rings. The number of rotatable bonds is 9. The van der Waals surface area contributed by atoms with Gasteiger partial charge in [-0.3, -0.25) is 15.0 Å².